The van der Waals surface area contributed by atoms with Gasteiger partial charge in [-0.05, 0) is 29.3 Å². The van der Waals surface area contributed by atoms with Crippen molar-refractivity contribution in [2.24, 2.45) is 11.7 Å². The lowest BCUT2D eigenvalue weighted by atomic mass is 9.64. The second-order valence-electron chi connectivity index (χ2n) is 9.29. The van der Waals surface area contributed by atoms with E-state index in [1.165, 1.54) is 24.3 Å². The van der Waals surface area contributed by atoms with Crippen molar-refractivity contribution in [1.29, 1.82) is 0 Å². The number of ether oxygens (including phenoxy) is 1. The van der Waals surface area contributed by atoms with Crippen molar-refractivity contribution in [2.45, 2.75) is 11.8 Å². The number of quaternary nitrogens is 1. The number of amides is 1. The molecule has 4 rings (SSSR count). The van der Waals surface area contributed by atoms with E-state index in [4.69, 9.17) is 10.5 Å². The summed E-state index contributed by atoms with van der Waals surface area (Å²) < 4.78 is 19.5. The summed E-state index contributed by atoms with van der Waals surface area (Å²) in [6.07, 6.45) is 0.807. The number of esters is 1. The third kappa shape index (κ3) is 4.59. The molecule has 0 bridgehead atoms. The third-order valence-electron chi connectivity index (χ3n) is 7.06. The fourth-order valence-electron chi connectivity index (χ4n) is 5.32. The van der Waals surface area contributed by atoms with Crippen LogP contribution in [0.4, 0.5) is 4.39 Å². The Labute approximate surface area is 199 Å². The molecule has 3 aromatic rings. The highest BCUT2D eigenvalue weighted by Gasteiger charge is 2.53. The van der Waals surface area contributed by atoms with Crippen LogP contribution in [0, 0.1) is 11.7 Å². The summed E-state index contributed by atoms with van der Waals surface area (Å²) >= 11 is 0. The molecule has 0 aliphatic carbocycles. The summed E-state index contributed by atoms with van der Waals surface area (Å²) in [5.74, 6) is -1.39. The van der Waals surface area contributed by atoms with E-state index in [1.54, 1.807) is 0 Å². The highest BCUT2D eigenvalue weighted by Crippen LogP contribution is 2.44. The Hall–Kier alpha value is -3.51. The molecule has 0 spiro atoms. The largest absolute Gasteiger partial charge is 0.456 e. The normalized spacial score (nSPS) is 20.1. The standard InChI is InChI=1S/C28H29FN2O3/c1-31(17-18-34-26(32)21-9-8-14-25(29)19-21)16-15-24(20-31)28(27(30)33,22-10-4-2-5-11-22)23-12-6-3-7-13-23/h2-14,19,24H,15-18,20H2,1H3,(H-,30,33)/p+1/t24?,31-/m1/s1. The van der Waals surface area contributed by atoms with Crippen LogP contribution in [0.1, 0.15) is 27.9 Å². The lowest BCUT2D eigenvalue weighted by Crippen LogP contribution is -2.51. The SMILES string of the molecule is C[N@+]1(CCOC(=O)c2cccc(F)c2)CCC(C(C(N)=O)(c2ccccc2)c2ccccc2)C1. The van der Waals surface area contributed by atoms with E-state index >= 15 is 0 Å². The van der Waals surface area contributed by atoms with E-state index in [1.807, 2.05) is 60.7 Å². The summed E-state index contributed by atoms with van der Waals surface area (Å²) in [7, 11) is 2.11. The zero-order valence-electron chi connectivity index (χ0n) is 19.3. The molecule has 1 aliphatic rings. The monoisotopic (exact) mass is 461 g/mol. The van der Waals surface area contributed by atoms with Crippen LogP contribution < -0.4 is 5.73 Å². The Morgan fingerprint density at radius 2 is 1.62 bits per heavy atom. The van der Waals surface area contributed by atoms with Gasteiger partial charge < -0.3 is 15.0 Å². The van der Waals surface area contributed by atoms with Gasteiger partial charge in [0.2, 0.25) is 5.91 Å². The van der Waals surface area contributed by atoms with Crippen molar-refractivity contribution in [3.63, 3.8) is 0 Å². The minimum atomic E-state index is -0.948. The van der Waals surface area contributed by atoms with Crippen molar-refractivity contribution in [3.8, 4) is 0 Å². The predicted octanol–water partition coefficient (Wildman–Crippen LogP) is 3.92. The lowest BCUT2D eigenvalue weighted by molar-refractivity contribution is -0.899. The number of hydrogen-bond donors (Lipinski definition) is 1. The maximum absolute atomic E-state index is 13.4. The number of primary amides is 1. The second kappa shape index (κ2) is 9.77. The maximum Gasteiger partial charge on any atom is 0.338 e. The van der Waals surface area contributed by atoms with E-state index in [2.05, 4.69) is 7.05 Å². The quantitative estimate of drug-likeness (QED) is 0.408. The van der Waals surface area contributed by atoms with Gasteiger partial charge in [-0.15, -0.1) is 0 Å². The molecule has 0 saturated carbocycles. The van der Waals surface area contributed by atoms with Crippen molar-refractivity contribution in [1.82, 2.24) is 0 Å². The van der Waals surface area contributed by atoms with Crippen LogP contribution in [0.5, 0.6) is 0 Å². The molecule has 2 atom stereocenters. The van der Waals surface area contributed by atoms with E-state index in [9.17, 15) is 14.0 Å². The third-order valence-corrected chi connectivity index (χ3v) is 7.06. The van der Waals surface area contributed by atoms with Crippen LogP contribution >= 0.6 is 0 Å². The number of hydrogen-bond acceptors (Lipinski definition) is 3. The van der Waals surface area contributed by atoms with Gasteiger partial charge in [0, 0.05) is 12.3 Å². The van der Waals surface area contributed by atoms with Crippen molar-refractivity contribution in [2.75, 3.05) is 33.3 Å². The first-order valence-electron chi connectivity index (χ1n) is 11.5. The number of carbonyl (C=O) groups excluding carboxylic acids is 2. The number of carbonyl (C=O) groups is 2. The molecule has 5 nitrogen and oxygen atoms in total. The zero-order valence-corrected chi connectivity index (χ0v) is 19.3. The van der Waals surface area contributed by atoms with Crippen LogP contribution in [0.25, 0.3) is 0 Å². The molecule has 2 N–H and O–H groups in total. The lowest BCUT2D eigenvalue weighted by Gasteiger charge is -2.38. The van der Waals surface area contributed by atoms with Gasteiger partial charge in [0.15, 0.2) is 0 Å². The van der Waals surface area contributed by atoms with Gasteiger partial charge in [0.1, 0.15) is 24.4 Å². The summed E-state index contributed by atoms with van der Waals surface area (Å²) in [6, 6.07) is 25.0. The average molecular weight is 462 g/mol. The summed E-state index contributed by atoms with van der Waals surface area (Å²) in [6.45, 7) is 2.34. The first-order valence-corrected chi connectivity index (χ1v) is 11.5. The van der Waals surface area contributed by atoms with Crippen LogP contribution in [0.3, 0.4) is 0 Å². The van der Waals surface area contributed by atoms with E-state index in [-0.39, 0.29) is 24.0 Å². The predicted molar refractivity (Wildman–Crippen MR) is 128 cm³/mol. The Morgan fingerprint density at radius 3 is 2.18 bits per heavy atom. The molecule has 1 unspecified atom stereocenters. The van der Waals surface area contributed by atoms with Gasteiger partial charge in [-0.3, -0.25) is 4.79 Å². The molecular formula is C28H30FN2O3+. The first kappa shape index (κ1) is 23.6. The van der Waals surface area contributed by atoms with E-state index < -0.39 is 17.2 Å². The Bertz CT molecular complexity index is 1110. The van der Waals surface area contributed by atoms with Gasteiger partial charge in [-0.25, -0.2) is 9.18 Å². The number of likely N-dealkylation sites (tertiary alicyclic amines) is 1. The molecule has 1 saturated heterocycles. The Balaban J connectivity index is 1.54. The van der Waals surface area contributed by atoms with Gasteiger partial charge in [0.25, 0.3) is 0 Å². The highest BCUT2D eigenvalue weighted by molar-refractivity contribution is 5.91. The van der Waals surface area contributed by atoms with Crippen LogP contribution in [-0.2, 0) is 14.9 Å². The molecule has 1 amide bonds. The molecule has 0 radical (unpaired) electrons. The number of halogens is 1. The van der Waals surface area contributed by atoms with Crippen LogP contribution in [-0.4, -0.2) is 49.6 Å². The van der Waals surface area contributed by atoms with E-state index in [0.29, 0.717) is 17.6 Å². The fraction of sp³-hybridized carbons (Fsp3) is 0.286. The molecule has 1 heterocycles. The van der Waals surface area contributed by atoms with Gasteiger partial charge in [0.05, 0.1) is 25.7 Å². The molecule has 34 heavy (non-hydrogen) atoms. The topological polar surface area (TPSA) is 69.4 Å². The summed E-state index contributed by atoms with van der Waals surface area (Å²) in [5, 5.41) is 0. The van der Waals surface area contributed by atoms with Crippen molar-refractivity contribution >= 4 is 11.9 Å². The van der Waals surface area contributed by atoms with Crippen LogP contribution in [0.2, 0.25) is 0 Å². The van der Waals surface area contributed by atoms with Crippen LogP contribution in [0.15, 0.2) is 84.9 Å². The van der Waals surface area contributed by atoms with Gasteiger partial charge in [-0.2, -0.15) is 0 Å². The Kier molecular flexibility index (Phi) is 6.80. The number of benzene rings is 3. The van der Waals surface area contributed by atoms with Crippen molar-refractivity contribution in [3.05, 3.63) is 107 Å². The number of likely N-dealkylation sites (N-methyl/N-ethyl adjacent to an activating group) is 1. The van der Waals surface area contributed by atoms with Gasteiger partial charge >= 0.3 is 5.97 Å². The second-order valence-corrected chi connectivity index (χ2v) is 9.29. The minimum Gasteiger partial charge on any atom is -0.456 e. The number of rotatable bonds is 8. The fourth-order valence-corrected chi connectivity index (χ4v) is 5.32. The molecule has 1 aliphatic heterocycles. The molecule has 1 fully saturated rings. The van der Waals surface area contributed by atoms with E-state index in [0.717, 1.165) is 24.1 Å². The zero-order chi connectivity index (χ0) is 24.2. The summed E-state index contributed by atoms with van der Waals surface area (Å²) in [5.41, 5.74) is 7.21. The molecule has 0 aromatic heterocycles. The Morgan fingerprint density at radius 1 is 1.00 bits per heavy atom. The number of nitrogens with two attached hydrogens (primary N) is 1. The van der Waals surface area contributed by atoms with Gasteiger partial charge in [-0.1, -0.05) is 66.7 Å². The maximum atomic E-state index is 13.4. The average Bonchev–Trinajstić information content (AvgIpc) is 3.22. The minimum absolute atomic E-state index is 0.0151. The molecule has 6 heteroatoms. The molecule has 3 aromatic carbocycles. The summed E-state index contributed by atoms with van der Waals surface area (Å²) in [4.78, 5) is 25.5. The first-order chi connectivity index (χ1) is 16.3. The molecular weight excluding hydrogens is 431 g/mol. The molecule has 176 valence electrons. The smallest absolute Gasteiger partial charge is 0.338 e. The van der Waals surface area contributed by atoms with Crippen molar-refractivity contribution < 1.29 is 23.2 Å². The highest BCUT2D eigenvalue weighted by atomic mass is 19.1. The number of nitrogens with zero attached hydrogens (tertiary/aromatic N) is 1.